The highest BCUT2D eigenvalue weighted by atomic mass is 32.1. The van der Waals surface area contributed by atoms with Crippen LogP contribution in [-0.4, -0.2) is 44.4 Å². The molecule has 3 aliphatic heterocycles. The average molecular weight is 305 g/mol. The van der Waals surface area contributed by atoms with Gasteiger partial charge in [0.05, 0.1) is 6.20 Å². The third-order valence-corrected chi connectivity index (χ3v) is 5.00. The second-order valence-corrected chi connectivity index (χ2v) is 6.51. The van der Waals surface area contributed by atoms with Gasteiger partial charge in [-0.2, -0.15) is 4.37 Å². The summed E-state index contributed by atoms with van der Waals surface area (Å²) < 4.78 is 17.5. The molecule has 7 heteroatoms. The Bertz CT molecular complexity index is 648. The molecule has 0 spiro atoms. The lowest BCUT2D eigenvalue weighted by molar-refractivity contribution is 0.108. The third kappa shape index (κ3) is 2.40. The van der Waals surface area contributed by atoms with Gasteiger partial charge in [0.1, 0.15) is 11.6 Å². The number of halogens is 1. The number of fused-ring (bicyclic) bond motifs is 2. The van der Waals surface area contributed by atoms with E-state index in [4.69, 9.17) is 0 Å². The number of hydrogen-bond acceptors (Lipinski definition) is 6. The Morgan fingerprint density at radius 2 is 2.14 bits per heavy atom. The third-order valence-electron chi connectivity index (χ3n) is 4.17. The molecule has 0 N–H and O–H groups in total. The Labute approximate surface area is 126 Å². The molecule has 5 rings (SSSR count). The van der Waals surface area contributed by atoms with Crippen molar-refractivity contribution in [2.45, 2.75) is 32.0 Å². The van der Waals surface area contributed by atoms with E-state index in [-0.39, 0.29) is 5.82 Å². The fourth-order valence-corrected chi connectivity index (χ4v) is 4.15. The number of piperazine rings is 1. The molecule has 0 amide bonds. The lowest BCUT2D eigenvalue weighted by Crippen LogP contribution is -2.68. The molecule has 110 valence electrons. The van der Waals surface area contributed by atoms with Crippen molar-refractivity contribution in [1.29, 1.82) is 0 Å². The molecule has 3 saturated heterocycles. The van der Waals surface area contributed by atoms with E-state index >= 15 is 0 Å². The maximum absolute atomic E-state index is 13.2. The summed E-state index contributed by atoms with van der Waals surface area (Å²) in [6.07, 6.45) is 4.21. The maximum atomic E-state index is 13.2. The maximum Gasteiger partial charge on any atom is 0.205 e. The second-order valence-electron chi connectivity index (χ2n) is 5.78. The van der Waals surface area contributed by atoms with Crippen LogP contribution in [0.4, 0.5) is 9.52 Å². The number of nitrogens with zero attached hydrogens (tertiary/aromatic N) is 5. The zero-order valence-corrected chi connectivity index (χ0v) is 12.6. The Hall–Kier alpha value is -1.60. The van der Waals surface area contributed by atoms with E-state index < -0.39 is 0 Å². The van der Waals surface area contributed by atoms with Crippen LogP contribution >= 0.6 is 11.5 Å². The van der Waals surface area contributed by atoms with Gasteiger partial charge >= 0.3 is 0 Å². The molecular weight excluding hydrogens is 289 g/mol. The summed E-state index contributed by atoms with van der Waals surface area (Å²) in [7, 11) is 0. The molecule has 0 radical (unpaired) electrons. The van der Waals surface area contributed by atoms with Crippen LogP contribution in [0.25, 0.3) is 0 Å². The van der Waals surface area contributed by atoms with Crippen molar-refractivity contribution in [2.75, 3.05) is 18.0 Å². The first kappa shape index (κ1) is 13.1. The molecule has 21 heavy (non-hydrogen) atoms. The van der Waals surface area contributed by atoms with Gasteiger partial charge < -0.3 is 4.90 Å². The summed E-state index contributed by atoms with van der Waals surface area (Å²) in [6.45, 7) is 4.68. The Balaban J connectivity index is 1.43. The molecule has 3 aliphatic rings. The van der Waals surface area contributed by atoms with Crippen molar-refractivity contribution < 1.29 is 4.39 Å². The van der Waals surface area contributed by atoms with Gasteiger partial charge in [-0.05, 0) is 25.0 Å². The number of aryl methyl sites for hydroxylation is 1. The highest BCUT2D eigenvalue weighted by Gasteiger charge is 2.45. The molecule has 2 atom stereocenters. The number of pyridine rings is 1. The van der Waals surface area contributed by atoms with Crippen LogP contribution in [-0.2, 0) is 6.54 Å². The monoisotopic (exact) mass is 305 g/mol. The number of anilines is 1. The molecule has 0 aliphatic carbocycles. The van der Waals surface area contributed by atoms with Crippen molar-refractivity contribution in [3.8, 4) is 0 Å². The van der Waals surface area contributed by atoms with Crippen molar-refractivity contribution in [1.82, 2.24) is 19.2 Å². The predicted molar refractivity (Wildman–Crippen MR) is 78.8 cm³/mol. The fraction of sp³-hybridized carbons (Fsp3) is 0.500. The first-order valence-electron chi connectivity index (χ1n) is 7.09. The first-order valence-corrected chi connectivity index (χ1v) is 7.87. The van der Waals surface area contributed by atoms with E-state index in [0.29, 0.717) is 12.1 Å². The highest BCUT2D eigenvalue weighted by molar-refractivity contribution is 7.09. The minimum Gasteiger partial charge on any atom is -0.338 e. The van der Waals surface area contributed by atoms with Gasteiger partial charge in [0.2, 0.25) is 5.13 Å². The van der Waals surface area contributed by atoms with Gasteiger partial charge in [-0.25, -0.2) is 9.37 Å². The predicted octanol–water partition coefficient (Wildman–Crippen LogP) is 1.84. The molecular formula is C14H16FN5S. The molecule has 2 unspecified atom stereocenters. The molecule has 3 fully saturated rings. The van der Waals surface area contributed by atoms with Crippen molar-refractivity contribution in [2.24, 2.45) is 0 Å². The topological polar surface area (TPSA) is 45.2 Å². The van der Waals surface area contributed by atoms with Crippen LogP contribution in [0, 0.1) is 12.7 Å². The van der Waals surface area contributed by atoms with Crippen molar-refractivity contribution in [3.63, 3.8) is 0 Å². The number of aromatic nitrogens is 3. The van der Waals surface area contributed by atoms with Gasteiger partial charge in [0.25, 0.3) is 0 Å². The second kappa shape index (κ2) is 4.99. The number of hydrogen-bond donors (Lipinski definition) is 0. The standard InChI is InChI=1S/C14H16FN5S/c1-9-17-14(21-18-9)20-12-3-13(20)8-19(7-12)6-10-2-11(15)5-16-4-10/h2,4-5,12-13H,3,6-8H2,1H3. The lowest BCUT2D eigenvalue weighted by atomic mass is 9.88. The SMILES string of the molecule is Cc1nsc(N2C3CC2CN(Cc2cncc(F)c2)C3)n1. The van der Waals surface area contributed by atoms with Crippen LogP contribution in [0.5, 0.6) is 0 Å². The largest absolute Gasteiger partial charge is 0.338 e. The highest BCUT2D eigenvalue weighted by Crippen LogP contribution is 2.38. The molecule has 0 saturated carbocycles. The van der Waals surface area contributed by atoms with Crippen molar-refractivity contribution >= 4 is 16.7 Å². The van der Waals surface area contributed by atoms with E-state index in [1.165, 1.54) is 24.2 Å². The van der Waals surface area contributed by atoms with Crippen LogP contribution < -0.4 is 4.90 Å². The van der Waals surface area contributed by atoms with Gasteiger partial charge in [0.15, 0.2) is 0 Å². The Kier molecular flexibility index (Phi) is 3.11. The molecule has 0 aromatic carbocycles. The molecule has 2 aromatic heterocycles. The van der Waals surface area contributed by atoms with Gasteiger partial charge in [0, 0.05) is 49.4 Å². The zero-order valence-electron chi connectivity index (χ0n) is 11.7. The Morgan fingerprint density at radius 1 is 1.33 bits per heavy atom. The van der Waals surface area contributed by atoms with Gasteiger partial charge in [-0.15, -0.1) is 0 Å². The number of piperidine rings is 1. The average Bonchev–Trinajstić information content (AvgIpc) is 2.84. The smallest absolute Gasteiger partial charge is 0.205 e. The summed E-state index contributed by atoms with van der Waals surface area (Å²) in [6, 6.07) is 2.59. The molecule has 2 bridgehead atoms. The zero-order chi connectivity index (χ0) is 14.4. The first-order chi connectivity index (χ1) is 10.2. The van der Waals surface area contributed by atoms with Crippen LogP contribution in [0.2, 0.25) is 0 Å². The van der Waals surface area contributed by atoms with Gasteiger partial charge in [-0.3, -0.25) is 9.88 Å². The molecule has 5 heterocycles. The summed E-state index contributed by atoms with van der Waals surface area (Å²) in [5, 5.41) is 1.04. The Morgan fingerprint density at radius 3 is 2.81 bits per heavy atom. The van der Waals surface area contributed by atoms with E-state index in [1.807, 2.05) is 6.92 Å². The summed E-state index contributed by atoms with van der Waals surface area (Å²) in [4.78, 5) is 13.2. The summed E-state index contributed by atoms with van der Waals surface area (Å²) in [5.74, 6) is 0.586. The van der Waals surface area contributed by atoms with Crippen LogP contribution in [0.1, 0.15) is 17.8 Å². The normalized spacial score (nSPS) is 25.0. The molecule has 2 aromatic rings. The van der Waals surface area contributed by atoms with E-state index in [0.717, 1.165) is 36.2 Å². The lowest BCUT2D eigenvalue weighted by Gasteiger charge is -2.56. The minimum atomic E-state index is -0.263. The number of rotatable bonds is 3. The summed E-state index contributed by atoms with van der Waals surface area (Å²) >= 11 is 1.48. The fourth-order valence-electron chi connectivity index (χ4n) is 3.33. The van der Waals surface area contributed by atoms with Gasteiger partial charge in [-0.1, -0.05) is 0 Å². The van der Waals surface area contributed by atoms with Crippen LogP contribution in [0.15, 0.2) is 18.5 Å². The van der Waals surface area contributed by atoms with E-state index in [1.54, 1.807) is 12.3 Å². The quantitative estimate of drug-likeness (QED) is 0.866. The summed E-state index contributed by atoms with van der Waals surface area (Å²) in [5.41, 5.74) is 0.939. The minimum absolute atomic E-state index is 0.263. The van der Waals surface area contributed by atoms with Crippen molar-refractivity contribution in [3.05, 3.63) is 35.7 Å². The van der Waals surface area contributed by atoms with Crippen LogP contribution in [0.3, 0.4) is 0 Å². The van der Waals surface area contributed by atoms with E-state index in [9.17, 15) is 4.39 Å². The van der Waals surface area contributed by atoms with E-state index in [2.05, 4.69) is 24.1 Å². The molecule has 5 nitrogen and oxygen atoms in total.